The lowest BCUT2D eigenvalue weighted by Crippen LogP contribution is -2.33. The predicted octanol–water partition coefficient (Wildman–Crippen LogP) is 0.298. The summed E-state index contributed by atoms with van der Waals surface area (Å²) >= 11 is 1.51. The van der Waals surface area contributed by atoms with E-state index >= 15 is 0 Å². The van der Waals surface area contributed by atoms with Gasteiger partial charge >= 0.3 is 0 Å². The number of carbonyl (C=O) groups excluding carboxylic acids is 1. The zero-order valence-corrected chi connectivity index (χ0v) is 21.9. The van der Waals surface area contributed by atoms with Gasteiger partial charge in [-0.2, -0.15) is 11.8 Å². The molecule has 1 aliphatic heterocycles. The van der Waals surface area contributed by atoms with Crippen molar-refractivity contribution >= 4 is 50.4 Å². The molecule has 0 aliphatic carbocycles. The zero-order valence-electron chi connectivity index (χ0n) is 20.2. The molecule has 15 heteroatoms. The number of rotatable bonds is 11. The van der Waals surface area contributed by atoms with Gasteiger partial charge in [0.1, 0.15) is 18.5 Å². The quantitative estimate of drug-likeness (QED) is 0.207. The monoisotopic (exact) mass is 551 g/mol. The molecule has 0 unspecified atom stereocenters. The number of thioether (sulfide) groups is 1. The third-order valence-corrected chi connectivity index (χ3v) is 7.25. The van der Waals surface area contributed by atoms with E-state index in [9.17, 15) is 23.4 Å². The number of imidazole rings is 1. The summed E-state index contributed by atoms with van der Waals surface area (Å²) in [5, 5.41) is 27.1. The van der Waals surface area contributed by atoms with E-state index in [1.807, 2.05) is 0 Å². The van der Waals surface area contributed by atoms with Crippen molar-refractivity contribution in [3.05, 3.63) is 42.5 Å². The minimum atomic E-state index is -3.35. The lowest BCUT2D eigenvalue weighted by atomic mass is 10.1. The molecule has 5 N–H and O–H groups in total. The van der Waals surface area contributed by atoms with Gasteiger partial charge in [0.15, 0.2) is 23.2 Å². The number of fused-ring (bicyclic) bond motifs is 1. The highest BCUT2D eigenvalue weighted by molar-refractivity contribution is 7.99. The molecule has 1 amide bonds. The molecule has 3 aromatic rings. The van der Waals surface area contributed by atoms with Crippen LogP contribution in [-0.2, 0) is 26.1 Å². The van der Waals surface area contributed by atoms with E-state index in [2.05, 4.69) is 30.3 Å². The van der Waals surface area contributed by atoms with Crippen LogP contribution in [0.15, 0.2) is 36.9 Å². The van der Waals surface area contributed by atoms with Crippen molar-refractivity contribution in [2.45, 2.75) is 38.0 Å². The van der Waals surface area contributed by atoms with Crippen molar-refractivity contribution in [1.29, 1.82) is 0 Å². The SMILES string of the molecule is CC(=O)NCCSC[C@H]1O[C@@H](n2cnc3c(NCc4ccc(NS(C)(=O)=O)cc4)ncnc32)[C@H](O)[C@@H]1O. The lowest BCUT2D eigenvalue weighted by Gasteiger charge is -2.16. The Balaban J connectivity index is 1.41. The number of ether oxygens (including phenoxy) is 1. The minimum Gasteiger partial charge on any atom is -0.387 e. The molecule has 0 saturated carbocycles. The molecule has 3 heterocycles. The minimum absolute atomic E-state index is 0.101. The molecule has 0 radical (unpaired) electrons. The number of carbonyl (C=O) groups is 1. The average molecular weight is 552 g/mol. The standard InChI is InChI=1S/C22H29N7O6S2/c1-13(30)23-7-8-36-10-16-18(31)19(32)22(35-16)29-12-27-17-20(25-11-26-21(17)29)24-9-14-3-5-15(6-4-14)28-37(2,33)34/h3-6,11-12,16,18-19,22,28,31-32H,7-10H2,1-2H3,(H,23,30)(H,24,25,26)/t16-,18-,19-,22-/m1/s1. The summed E-state index contributed by atoms with van der Waals surface area (Å²) in [6, 6.07) is 6.91. The molecule has 200 valence electrons. The maximum Gasteiger partial charge on any atom is 0.229 e. The number of anilines is 2. The van der Waals surface area contributed by atoms with Crippen molar-refractivity contribution < 1.29 is 28.2 Å². The predicted molar refractivity (Wildman–Crippen MR) is 139 cm³/mol. The van der Waals surface area contributed by atoms with Crippen molar-refractivity contribution in [3.63, 3.8) is 0 Å². The van der Waals surface area contributed by atoms with Gasteiger partial charge in [0.25, 0.3) is 0 Å². The second kappa shape index (κ2) is 11.6. The summed E-state index contributed by atoms with van der Waals surface area (Å²) in [4.78, 5) is 23.9. The number of hydrogen-bond acceptors (Lipinski definition) is 11. The number of hydrogen-bond donors (Lipinski definition) is 5. The van der Waals surface area contributed by atoms with Gasteiger partial charge in [0, 0.05) is 37.2 Å². The van der Waals surface area contributed by atoms with Crippen LogP contribution in [0.2, 0.25) is 0 Å². The molecular formula is C22H29N7O6S2. The Kier molecular flexibility index (Phi) is 8.49. The third kappa shape index (κ3) is 6.87. The van der Waals surface area contributed by atoms with Gasteiger partial charge in [0.2, 0.25) is 15.9 Å². The molecule has 0 spiro atoms. The fraction of sp³-hybridized carbons (Fsp3) is 0.455. The number of aliphatic hydroxyl groups is 2. The fourth-order valence-electron chi connectivity index (χ4n) is 3.85. The smallest absolute Gasteiger partial charge is 0.229 e. The average Bonchev–Trinajstić information content (AvgIpc) is 3.39. The van der Waals surface area contributed by atoms with Gasteiger partial charge in [-0.05, 0) is 17.7 Å². The van der Waals surface area contributed by atoms with Crippen molar-refractivity contribution in [2.24, 2.45) is 0 Å². The van der Waals surface area contributed by atoms with Crippen LogP contribution in [0.3, 0.4) is 0 Å². The molecule has 1 fully saturated rings. The maximum atomic E-state index is 11.4. The fourth-order valence-corrected chi connectivity index (χ4v) is 5.34. The van der Waals surface area contributed by atoms with Crippen LogP contribution in [0.5, 0.6) is 0 Å². The molecule has 1 saturated heterocycles. The zero-order chi connectivity index (χ0) is 26.6. The Morgan fingerprint density at radius 3 is 2.62 bits per heavy atom. The van der Waals surface area contributed by atoms with E-state index in [4.69, 9.17) is 4.74 Å². The van der Waals surface area contributed by atoms with Crippen LogP contribution in [-0.4, -0.2) is 86.7 Å². The molecule has 0 bridgehead atoms. The first kappa shape index (κ1) is 27.1. The second-order valence-electron chi connectivity index (χ2n) is 8.58. The molecule has 1 aliphatic rings. The third-order valence-electron chi connectivity index (χ3n) is 5.59. The number of nitrogens with one attached hydrogen (secondary N) is 3. The normalized spacial score (nSPS) is 21.7. The Bertz CT molecular complexity index is 1340. The first-order valence-corrected chi connectivity index (χ1v) is 14.5. The summed E-state index contributed by atoms with van der Waals surface area (Å²) in [7, 11) is -3.35. The first-order valence-electron chi connectivity index (χ1n) is 11.4. The van der Waals surface area contributed by atoms with Crippen LogP contribution >= 0.6 is 11.8 Å². The van der Waals surface area contributed by atoms with E-state index in [1.54, 1.807) is 28.8 Å². The second-order valence-corrected chi connectivity index (χ2v) is 11.5. The van der Waals surface area contributed by atoms with Crippen LogP contribution in [0.1, 0.15) is 18.7 Å². The van der Waals surface area contributed by atoms with E-state index in [-0.39, 0.29) is 5.91 Å². The molecule has 2 aromatic heterocycles. The van der Waals surface area contributed by atoms with Gasteiger partial charge in [-0.3, -0.25) is 14.1 Å². The van der Waals surface area contributed by atoms with E-state index < -0.39 is 34.6 Å². The highest BCUT2D eigenvalue weighted by Crippen LogP contribution is 2.33. The number of sulfonamides is 1. The molecule has 4 atom stereocenters. The number of nitrogens with zero attached hydrogens (tertiary/aromatic N) is 4. The molecule has 13 nitrogen and oxygen atoms in total. The van der Waals surface area contributed by atoms with E-state index in [0.29, 0.717) is 47.3 Å². The van der Waals surface area contributed by atoms with E-state index in [0.717, 1.165) is 11.8 Å². The highest BCUT2D eigenvalue weighted by atomic mass is 32.2. The lowest BCUT2D eigenvalue weighted by molar-refractivity contribution is -0.118. The topological polar surface area (TPSA) is 181 Å². The summed E-state index contributed by atoms with van der Waals surface area (Å²) in [5.74, 6) is 1.47. The largest absolute Gasteiger partial charge is 0.387 e. The highest BCUT2D eigenvalue weighted by Gasteiger charge is 2.44. The number of aliphatic hydroxyl groups excluding tert-OH is 2. The van der Waals surface area contributed by atoms with Crippen molar-refractivity contribution in [3.8, 4) is 0 Å². The Labute approximate surface area is 218 Å². The van der Waals surface area contributed by atoms with Crippen LogP contribution in [0.25, 0.3) is 11.2 Å². The Morgan fingerprint density at radius 1 is 1.16 bits per heavy atom. The van der Waals surface area contributed by atoms with Gasteiger partial charge in [-0.1, -0.05) is 12.1 Å². The number of benzene rings is 1. The summed E-state index contributed by atoms with van der Waals surface area (Å²) in [6.07, 6.45) is 0.212. The summed E-state index contributed by atoms with van der Waals surface area (Å²) < 4.78 is 32.7. The number of amides is 1. The molecule has 4 rings (SSSR count). The van der Waals surface area contributed by atoms with Crippen LogP contribution in [0.4, 0.5) is 11.5 Å². The van der Waals surface area contributed by atoms with Crippen LogP contribution in [0, 0.1) is 0 Å². The van der Waals surface area contributed by atoms with Crippen LogP contribution < -0.4 is 15.4 Å². The van der Waals surface area contributed by atoms with Gasteiger partial charge in [-0.15, -0.1) is 0 Å². The molecule has 1 aromatic carbocycles. The first-order chi connectivity index (χ1) is 17.6. The van der Waals surface area contributed by atoms with Crippen molar-refractivity contribution in [2.75, 3.05) is 34.3 Å². The van der Waals surface area contributed by atoms with Gasteiger partial charge in [-0.25, -0.2) is 23.4 Å². The van der Waals surface area contributed by atoms with Gasteiger partial charge < -0.3 is 25.6 Å². The van der Waals surface area contributed by atoms with Gasteiger partial charge in [0.05, 0.1) is 18.7 Å². The van der Waals surface area contributed by atoms with E-state index in [1.165, 1.54) is 31.3 Å². The molecular weight excluding hydrogens is 522 g/mol. The summed E-state index contributed by atoms with van der Waals surface area (Å²) in [5.41, 5.74) is 2.26. The number of aromatic nitrogens is 4. The Hall–Kier alpha value is -2.98. The Morgan fingerprint density at radius 2 is 1.92 bits per heavy atom. The summed E-state index contributed by atoms with van der Waals surface area (Å²) in [6.45, 7) is 2.36. The maximum absolute atomic E-state index is 11.4. The van der Waals surface area contributed by atoms with Crippen molar-refractivity contribution in [1.82, 2.24) is 24.8 Å². The molecule has 37 heavy (non-hydrogen) atoms.